The first-order valence-corrected chi connectivity index (χ1v) is 12.1. The van der Waals surface area contributed by atoms with Crippen molar-refractivity contribution in [2.45, 2.75) is 62.5 Å². The number of rotatable bonds is 4. The Morgan fingerprint density at radius 3 is 2.53 bits per heavy atom. The summed E-state index contributed by atoms with van der Waals surface area (Å²) >= 11 is 9.09. The molecule has 1 atom stereocenters. The molecular formula is C22H24ClN3O2S2. The Morgan fingerprint density at radius 2 is 1.87 bits per heavy atom. The number of benzene rings is 1. The Kier molecular flexibility index (Phi) is 5.81. The molecule has 158 valence electrons. The summed E-state index contributed by atoms with van der Waals surface area (Å²) in [5.74, 6) is -0.182. The summed E-state index contributed by atoms with van der Waals surface area (Å²) in [4.78, 5) is 28.3. The number of hydrogen-bond acceptors (Lipinski definition) is 6. The van der Waals surface area contributed by atoms with Gasteiger partial charge in [-0.2, -0.15) is 0 Å². The molecule has 0 unspecified atom stereocenters. The molecule has 1 aliphatic heterocycles. The van der Waals surface area contributed by atoms with Gasteiger partial charge in [-0.05, 0) is 29.5 Å². The molecule has 0 radical (unpaired) electrons. The van der Waals surface area contributed by atoms with E-state index in [-0.39, 0.29) is 29.4 Å². The van der Waals surface area contributed by atoms with Crippen molar-refractivity contribution < 1.29 is 9.59 Å². The first-order valence-electron chi connectivity index (χ1n) is 9.99. The topological polar surface area (TPSA) is 63.2 Å². The molecule has 1 amide bonds. The minimum atomic E-state index is -0.248. The molecule has 0 spiro atoms. The molecule has 1 aromatic carbocycles. The number of amides is 1. The number of nitrogens with zero attached hydrogens (tertiary/aromatic N) is 3. The number of aromatic nitrogens is 2. The Hall–Kier alpha value is -1.70. The Bertz CT molecular complexity index is 1030. The van der Waals surface area contributed by atoms with Crippen molar-refractivity contribution in [3.8, 4) is 0 Å². The van der Waals surface area contributed by atoms with Crippen molar-refractivity contribution in [2.24, 2.45) is 5.41 Å². The number of halogens is 1. The van der Waals surface area contributed by atoms with Crippen molar-refractivity contribution in [1.82, 2.24) is 10.2 Å². The first-order chi connectivity index (χ1) is 14.1. The van der Waals surface area contributed by atoms with Crippen LogP contribution in [0.4, 0.5) is 5.13 Å². The summed E-state index contributed by atoms with van der Waals surface area (Å²) in [5.41, 5.74) is 2.26. The van der Waals surface area contributed by atoms with E-state index in [0.717, 1.165) is 21.2 Å². The van der Waals surface area contributed by atoms with Crippen molar-refractivity contribution in [2.75, 3.05) is 4.90 Å². The van der Waals surface area contributed by atoms with Gasteiger partial charge in [0.25, 0.3) is 0 Å². The lowest BCUT2D eigenvalue weighted by atomic mass is 9.69. The smallest absolute Gasteiger partial charge is 0.234 e. The van der Waals surface area contributed by atoms with Crippen LogP contribution >= 0.6 is 34.7 Å². The van der Waals surface area contributed by atoms with E-state index in [1.54, 1.807) is 16.7 Å². The number of hydrogen-bond donors (Lipinski definition) is 0. The zero-order valence-corrected chi connectivity index (χ0v) is 19.8. The predicted octanol–water partition coefficient (Wildman–Crippen LogP) is 5.86. The van der Waals surface area contributed by atoms with E-state index in [4.69, 9.17) is 11.6 Å². The third kappa shape index (κ3) is 4.20. The van der Waals surface area contributed by atoms with E-state index in [0.29, 0.717) is 28.2 Å². The van der Waals surface area contributed by atoms with Gasteiger partial charge in [0.15, 0.2) is 10.1 Å². The zero-order valence-electron chi connectivity index (χ0n) is 17.4. The number of carbonyl (C=O) groups excluding carboxylic acids is 2. The number of Topliss-reactive ketones (excluding diaryl/α,β-unsaturated/α-hetero) is 1. The second-order valence-electron chi connectivity index (χ2n) is 8.86. The van der Waals surface area contributed by atoms with E-state index in [1.165, 1.54) is 11.3 Å². The average Bonchev–Trinajstić information content (AvgIpc) is 3.07. The highest BCUT2D eigenvalue weighted by molar-refractivity contribution is 8.01. The molecule has 0 saturated heterocycles. The summed E-state index contributed by atoms with van der Waals surface area (Å²) in [6.07, 6.45) is 1.36. The van der Waals surface area contributed by atoms with Crippen LogP contribution in [0.25, 0.3) is 0 Å². The molecule has 0 N–H and O–H groups in total. The van der Waals surface area contributed by atoms with Gasteiger partial charge in [0, 0.05) is 40.3 Å². The normalized spacial score (nSPS) is 21.4. The van der Waals surface area contributed by atoms with Gasteiger partial charge < -0.3 is 0 Å². The van der Waals surface area contributed by atoms with Crippen LogP contribution in [0, 0.1) is 5.41 Å². The lowest BCUT2D eigenvalue weighted by Crippen LogP contribution is -2.43. The first kappa shape index (κ1) is 21.5. The quantitative estimate of drug-likeness (QED) is 0.421. The van der Waals surface area contributed by atoms with Crippen molar-refractivity contribution in [3.63, 3.8) is 0 Å². The highest BCUT2D eigenvalue weighted by atomic mass is 35.5. The van der Waals surface area contributed by atoms with E-state index < -0.39 is 0 Å². The van der Waals surface area contributed by atoms with Gasteiger partial charge in [0.2, 0.25) is 11.0 Å². The Balaban J connectivity index is 1.82. The second kappa shape index (κ2) is 8.09. The van der Waals surface area contributed by atoms with Crippen LogP contribution in [0.5, 0.6) is 0 Å². The maximum absolute atomic E-state index is 13.3. The lowest BCUT2D eigenvalue weighted by Gasteiger charge is -2.41. The molecular weight excluding hydrogens is 438 g/mol. The molecule has 2 heterocycles. The molecule has 2 aromatic rings. The van der Waals surface area contributed by atoms with Crippen LogP contribution in [0.1, 0.15) is 58.4 Å². The predicted molar refractivity (Wildman–Crippen MR) is 122 cm³/mol. The number of carbonyl (C=O) groups is 2. The highest BCUT2D eigenvalue weighted by Crippen LogP contribution is 2.48. The van der Waals surface area contributed by atoms with E-state index >= 15 is 0 Å². The molecule has 0 fully saturated rings. The molecule has 5 nitrogen and oxygen atoms in total. The summed E-state index contributed by atoms with van der Waals surface area (Å²) in [6, 6.07) is 7.45. The second-order valence-corrected chi connectivity index (χ2v) is 12.1. The third-order valence-corrected chi connectivity index (χ3v) is 7.59. The van der Waals surface area contributed by atoms with E-state index in [9.17, 15) is 9.59 Å². The van der Waals surface area contributed by atoms with Crippen molar-refractivity contribution in [1.29, 1.82) is 0 Å². The number of ketones is 1. The summed E-state index contributed by atoms with van der Waals surface area (Å²) < 4.78 is 0.830. The van der Waals surface area contributed by atoms with Crippen molar-refractivity contribution >= 4 is 51.5 Å². The Morgan fingerprint density at radius 1 is 1.17 bits per heavy atom. The van der Waals surface area contributed by atoms with Gasteiger partial charge in [-0.25, -0.2) is 0 Å². The molecule has 4 rings (SSSR count). The van der Waals surface area contributed by atoms with Gasteiger partial charge in [-0.15, -0.1) is 10.2 Å². The van der Waals surface area contributed by atoms with Gasteiger partial charge in [-0.1, -0.05) is 74.5 Å². The third-order valence-electron chi connectivity index (χ3n) is 5.34. The van der Waals surface area contributed by atoms with E-state index in [1.807, 2.05) is 24.3 Å². The van der Waals surface area contributed by atoms with Gasteiger partial charge in [0.1, 0.15) is 0 Å². The molecule has 1 aliphatic carbocycles. The van der Waals surface area contributed by atoms with Crippen LogP contribution in [-0.2, 0) is 9.59 Å². The largest absolute Gasteiger partial charge is 0.294 e. The summed E-state index contributed by atoms with van der Waals surface area (Å²) in [6.45, 7) is 8.33. The molecule has 8 heteroatoms. The van der Waals surface area contributed by atoms with Gasteiger partial charge >= 0.3 is 0 Å². The lowest BCUT2D eigenvalue weighted by molar-refractivity contribution is -0.121. The fourth-order valence-corrected chi connectivity index (χ4v) is 6.39. The molecule has 1 aromatic heterocycles. The highest BCUT2D eigenvalue weighted by Gasteiger charge is 2.45. The zero-order chi connectivity index (χ0) is 21.6. The number of allylic oxidation sites excluding steroid dienone is 2. The fraction of sp³-hybridized carbons (Fsp3) is 0.455. The van der Waals surface area contributed by atoms with Gasteiger partial charge in [-0.3, -0.25) is 14.5 Å². The van der Waals surface area contributed by atoms with Crippen LogP contribution in [0.3, 0.4) is 0 Å². The average molecular weight is 462 g/mol. The monoisotopic (exact) mass is 461 g/mol. The Labute approximate surface area is 189 Å². The van der Waals surface area contributed by atoms with E-state index in [2.05, 4.69) is 37.9 Å². The maximum atomic E-state index is 13.3. The van der Waals surface area contributed by atoms with Crippen LogP contribution in [0.15, 0.2) is 39.9 Å². The molecule has 30 heavy (non-hydrogen) atoms. The number of anilines is 1. The maximum Gasteiger partial charge on any atom is 0.234 e. The summed E-state index contributed by atoms with van der Waals surface area (Å²) in [7, 11) is 0. The SMILES string of the molecule is CC(C)Sc1nnc(N2C(=O)C[C@H](c3ccc(Cl)cc3)C3=C2CC(C)(C)CC3=O)s1. The van der Waals surface area contributed by atoms with Crippen LogP contribution in [-0.4, -0.2) is 27.1 Å². The minimum absolute atomic E-state index is 0.0450. The fourth-order valence-electron chi connectivity index (χ4n) is 4.16. The van der Waals surface area contributed by atoms with Crippen LogP contribution in [0.2, 0.25) is 5.02 Å². The standard InChI is InChI=1S/C22H24ClN3O2S2/c1-12(2)29-21-25-24-20(30-21)26-16-10-22(3,4)11-17(27)19(16)15(9-18(26)28)13-5-7-14(23)8-6-13/h5-8,12,15H,9-11H2,1-4H3/t15-/m1/s1. The minimum Gasteiger partial charge on any atom is -0.294 e. The van der Waals surface area contributed by atoms with Crippen LogP contribution < -0.4 is 4.90 Å². The van der Waals surface area contributed by atoms with Crippen molar-refractivity contribution in [3.05, 3.63) is 46.1 Å². The molecule has 0 bridgehead atoms. The molecule has 2 aliphatic rings. The summed E-state index contributed by atoms with van der Waals surface area (Å²) in [5, 5.41) is 10.1. The van der Waals surface area contributed by atoms with Gasteiger partial charge in [0.05, 0.1) is 0 Å². The number of thioether (sulfide) groups is 1. The molecule has 0 saturated carbocycles.